The normalized spacial score (nSPS) is 11.9. The molecule has 0 fully saturated rings. The summed E-state index contributed by atoms with van der Waals surface area (Å²) in [5.74, 6) is -1.08. The first-order chi connectivity index (χ1) is 9.68. The Hall–Kier alpha value is -2.62. The average molecular weight is 269 g/mol. The number of oxime groups is 1. The minimum Gasteiger partial charge on any atom is -0.477 e. The molecule has 0 heterocycles. The summed E-state index contributed by atoms with van der Waals surface area (Å²) in [4.78, 5) is 15.4. The van der Waals surface area contributed by atoms with Gasteiger partial charge in [-0.3, -0.25) is 0 Å². The van der Waals surface area contributed by atoms with Crippen LogP contribution in [0.5, 0.6) is 0 Å². The lowest BCUT2D eigenvalue weighted by Gasteiger charge is -2.01. The van der Waals surface area contributed by atoms with E-state index in [0.717, 1.165) is 10.9 Å². The molecule has 0 bridgehead atoms. The minimum atomic E-state index is -1.08. The minimum absolute atomic E-state index is 0.0661. The highest BCUT2D eigenvalue weighted by atomic mass is 16.6. The maximum atomic E-state index is 10.5. The molecule has 4 heteroatoms. The molecule has 0 unspecified atom stereocenters. The van der Waals surface area contributed by atoms with Gasteiger partial charge in [0.15, 0.2) is 5.71 Å². The van der Waals surface area contributed by atoms with Crippen molar-refractivity contribution in [1.82, 2.24) is 0 Å². The van der Waals surface area contributed by atoms with Crippen molar-refractivity contribution in [3.63, 3.8) is 0 Å². The van der Waals surface area contributed by atoms with Crippen LogP contribution in [0.25, 0.3) is 16.8 Å². The van der Waals surface area contributed by atoms with E-state index in [-0.39, 0.29) is 12.3 Å². The van der Waals surface area contributed by atoms with Gasteiger partial charge >= 0.3 is 5.97 Å². The standard InChI is InChI=1S/C16H15NO3/c1-12(16(18)19)17-20-11-5-9-14-8-4-7-13-6-2-3-10-15(13)14/h2-10H,11H2,1H3,(H,18,19)/b9-5+,17-12-. The van der Waals surface area contributed by atoms with Crippen LogP contribution in [0.3, 0.4) is 0 Å². The summed E-state index contributed by atoms with van der Waals surface area (Å²) in [7, 11) is 0. The Morgan fingerprint density at radius 1 is 1.25 bits per heavy atom. The van der Waals surface area contributed by atoms with Crippen LogP contribution in [0.4, 0.5) is 0 Å². The van der Waals surface area contributed by atoms with Crippen LogP contribution in [0.2, 0.25) is 0 Å². The zero-order chi connectivity index (χ0) is 14.4. The van der Waals surface area contributed by atoms with Crippen molar-refractivity contribution in [2.75, 3.05) is 6.61 Å². The molecule has 2 aromatic rings. The highest BCUT2D eigenvalue weighted by Gasteiger charge is 2.00. The summed E-state index contributed by atoms with van der Waals surface area (Å²) in [6.45, 7) is 1.62. The molecule has 2 aromatic carbocycles. The molecule has 0 saturated carbocycles. The molecule has 0 aliphatic rings. The third-order valence-electron chi connectivity index (χ3n) is 2.80. The van der Waals surface area contributed by atoms with Crippen LogP contribution >= 0.6 is 0 Å². The molecule has 102 valence electrons. The third-order valence-corrected chi connectivity index (χ3v) is 2.80. The monoisotopic (exact) mass is 269 g/mol. The Balaban J connectivity index is 2.04. The molecule has 0 radical (unpaired) electrons. The molecule has 0 amide bonds. The molecule has 2 rings (SSSR count). The molecule has 1 N–H and O–H groups in total. The molecule has 0 aliphatic heterocycles. The molecule has 0 aliphatic carbocycles. The molecule has 0 aromatic heterocycles. The van der Waals surface area contributed by atoms with Crippen LogP contribution in [-0.2, 0) is 9.63 Å². The Labute approximate surface area is 117 Å². The van der Waals surface area contributed by atoms with Crippen LogP contribution < -0.4 is 0 Å². The molecular weight excluding hydrogens is 254 g/mol. The maximum Gasteiger partial charge on any atom is 0.353 e. The smallest absolute Gasteiger partial charge is 0.353 e. The van der Waals surface area contributed by atoms with Gasteiger partial charge in [-0.05, 0) is 29.3 Å². The highest BCUT2D eigenvalue weighted by Crippen LogP contribution is 2.19. The molecular formula is C16H15NO3. The zero-order valence-electron chi connectivity index (χ0n) is 11.1. The lowest BCUT2D eigenvalue weighted by Crippen LogP contribution is -2.08. The van der Waals surface area contributed by atoms with Gasteiger partial charge in [-0.15, -0.1) is 0 Å². The van der Waals surface area contributed by atoms with Gasteiger partial charge in [0.25, 0.3) is 0 Å². The lowest BCUT2D eigenvalue weighted by atomic mass is 10.0. The number of carbonyl (C=O) groups is 1. The van der Waals surface area contributed by atoms with Gasteiger partial charge in [0.1, 0.15) is 6.61 Å². The summed E-state index contributed by atoms with van der Waals surface area (Å²) in [5.41, 5.74) is 1.02. The predicted octanol–water partition coefficient (Wildman–Crippen LogP) is 3.33. The van der Waals surface area contributed by atoms with E-state index in [1.165, 1.54) is 12.3 Å². The Bertz CT molecular complexity index is 669. The van der Waals surface area contributed by atoms with Crippen LogP contribution in [0, 0.1) is 0 Å². The molecule has 0 spiro atoms. The largest absolute Gasteiger partial charge is 0.477 e. The van der Waals surface area contributed by atoms with E-state index in [0.29, 0.717) is 0 Å². The SMILES string of the molecule is C/C(=N/OC/C=C/c1cccc2ccccc12)C(=O)O. The van der Waals surface area contributed by atoms with Crippen molar-refractivity contribution in [3.8, 4) is 0 Å². The number of carboxylic acid groups (broad SMARTS) is 1. The van der Waals surface area contributed by atoms with Crippen LogP contribution in [-0.4, -0.2) is 23.4 Å². The van der Waals surface area contributed by atoms with E-state index in [2.05, 4.69) is 23.4 Å². The van der Waals surface area contributed by atoms with E-state index < -0.39 is 5.97 Å². The molecule has 20 heavy (non-hydrogen) atoms. The van der Waals surface area contributed by atoms with Gasteiger partial charge in [-0.25, -0.2) is 4.79 Å². The fraction of sp³-hybridized carbons (Fsp3) is 0.125. The molecule has 4 nitrogen and oxygen atoms in total. The van der Waals surface area contributed by atoms with Crippen molar-refractivity contribution in [2.45, 2.75) is 6.92 Å². The van der Waals surface area contributed by atoms with Gasteiger partial charge in [0.2, 0.25) is 0 Å². The van der Waals surface area contributed by atoms with E-state index >= 15 is 0 Å². The van der Waals surface area contributed by atoms with Gasteiger partial charge < -0.3 is 9.94 Å². The fourth-order valence-electron chi connectivity index (χ4n) is 1.79. The number of benzene rings is 2. The number of aliphatic carboxylic acids is 1. The summed E-state index contributed by atoms with van der Waals surface area (Å²) < 4.78 is 0. The summed E-state index contributed by atoms with van der Waals surface area (Å²) in [6.07, 6.45) is 3.74. The summed E-state index contributed by atoms with van der Waals surface area (Å²) in [6, 6.07) is 14.2. The first-order valence-corrected chi connectivity index (χ1v) is 6.22. The van der Waals surface area contributed by atoms with E-state index in [1.807, 2.05) is 30.3 Å². The van der Waals surface area contributed by atoms with Crippen molar-refractivity contribution in [1.29, 1.82) is 0 Å². The third kappa shape index (κ3) is 3.45. The second kappa shape index (κ2) is 6.52. The number of nitrogens with zero attached hydrogens (tertiary/aromatic N) is 1. The fourth-order valence-corrected chi connectivity index (χ4v) is 1.79. The lowest BCUT2D eigenvalue weighted by molar-refractivity contribution is -0.129. The second-order valence-electron chi connectivity index (χ2n) is 4.25. The Kier molecular flexibility index (Phi) is 4.50. The quantitative estimate of drug-likeness (QED) is 0.514. The number of hydrogen-bond acceptors (Lipinski definition) is 3. The second-order valence-corrected chi connectivity index (χ2v) is 4.25. The van der Waals surface area contributed by atoms with E-state index in [4.69, 9.17) is 9.94 Å². The molecule has 0 saturated heterocycles. The average Bonchev–Trinajstić information content (AvgIpc) is 2.46. The van der Waals surface area contributed by atoms with Crippen LogP contribution in [0.15, 0.2) is 53.7 Å². The van der Waals surface area contributed by atoms with Gasteiger partial charge in [0, 0.05) is 0 Å². The van der Waals surface area contributed by atoms with Crippen LogP contribution in [0.1, 0.15) is 12.5 Å². The Morgan fingerprint density at radius 3 is 2.80 bits per heavy atom. The Morgan fingerprint density at radius 2 is 2.00 bits per heavy atom. The van der Waals surface area contributed by atoms with Gasteiger partial charge in [-0.1, -0.05) is 53.7 Å². The van der Waals surface area contributed by atoms with Crippen molar-refractivity contribution < 1.29 is 14.7 Å². The van der Waals surface area contributed by atoms with E-state index in [9.17, 15) is 4.79 Å². The maximum absolute atomic E-state index is 10.5. The summed E-state index contributed by atoms with van der Waals surface area (Å²) >= 11 is 0. The predicted molar refractivity (Wildman–Crippen MR) is 79.7 cm³/mol. The van der Waals surface area contributed by atoms with Crippen molar-refractivity contribution >= 4 is 28.5 Å². The first kappa shape index (κ1) is 13.8. The van der Waals surface area contributed by atoms with Crippen molar-refractivity contribution in [2.24, 2.45) is 5.16 Å². The molecule has 0 atom stereocenters. The van der Waals surface area contributed by atoms with Gasteiger partial charge in [0.05, 0.1) is 0 Å². The first-order valence-electron chi connectivity index (χ1n) is 6.22. The van der Waals surface area contributed by atoms with E-state index in [1.54, 1.807) is 6.08 Å². The number of fused-ring (bicyclic) bond motifs is 1. The number of hydrogen-bond donors (Lipinski definition) is 1. The topological polar surface area (TPSA) is 58.9 Å². The van der Waals surface area contributed by atoms with Crippen molar-refractivity contribution in [3.05, 3.63) is 54.1 Å². The highest BCUT2D eigenvalue weighted by molar-refractivity contribution is 6.34. The zero-order valence-corrected chi connectivity index (χ0v) is 11.1. The number of carboxylic acids is 1. The van der Waals surface area contributed by atoms with Gasteiger partial charge in [-0.2, -0.15) is 0 Å². The number of rotatable bonds is 5. The summed E-state index contributed by atoms with van der Waals surface area (Å²) in [5, 5.41) is 14.4.